The first-order valence-electron chi connectivity index (χ1n) is 29.1. The number of benzene rings is 6. The number of rotatable bonds is 29. The molecule has 0 aliphatic heterocycles. The van der Waals surface area contributed by atoms with Crippen LogP contribution in [0, 0.1) is 23.7 Å². The molecule has 8 rings (SSSR count). The Bertz CT molecular complexity index is 2220. The molecule has 0 spiro atoms. The largest absolute Gasteiger partial charge is 0.488 e. The molecule has 0 unspecified atom stereocenters. The Kier molecular flexibility index (Phi) is 21.1. The van der Waals surface area contributed by atoms with E-state index in [9.17, 15) is 0 Å². The number of hydrogen-bond acceptors (Lipinski definition) is 2. The lowest BCUT2D eigenvalue weighted by Crippen LogP contribution is -2.14. The van der Waals surface area contributed by atoms with Crippen LogP contribution in [0.25, 0.3) is 32.7 Å². The topological polar surface area (TPSA) is 18.5 Å². The van der Waals surface area contributed by atoms with Gasteiger partial charge in [0.2, 0.25) is 0 Å². The van der Waals surface area contributed by atoms with Crippen molar-refractivity contribution in [3.8, 4) is 22.6 Å². The van der Waals surface area contributed by atoms with E-state index in [0.717, 1.165) is 59.1 Å². The molecule has 0 bridgehead atoms. The van der Waals surface area contributed by atoms with E-state index in [0.29, 0.717) is 13.2 Å². The van der Waals surface area contributed by atoms with Gasteiger partial charge in [0.25, 0.3) is 0 Å². The predicted molar refractivity (Wildman–Crippen MR) is 301 cm³/mol. The van der Waals surface area contributed by atoms with Gasteiger partial charge in [0.15, 0.2) is 0 Å². The Hall–Kier alpha value is -4.56. The van der Waals surface area contributed by atoms with E-state index in [1.165, 1.54) is 211 Å². The quantitative estimate of drug-likeness (QED) is 0.0436. The van der Waals surface area contributed by atoms with Gasteiger partial charge in [-0.05, 0) is 105 Å². The summed E-state index contributed by atoms with van der Waals surface area (Å²) in [6.07, 6.45) is 39.4. The van der Waals surface area contributed by atoms with Gasteiger partial charge < -0.3 is 9.47 Å². The molecular weight excluding hydrogens is 849 g/mol. The monoisotopic (exact) mass is 939 g/mol. The molecule has 0 N–H and O–H groups in total. The summed E-state index contributed by atoms with van der Waals surface area (Å²) >= 11 is 0. The van der Waals surface area contributed by atoms with E-state index in [1.807, 2.05) is 0 Å². The zero-order valence-electron chi connectivity index (χ0n) is 43.9. The standard InChI is InChI=1S/C68H90O2/c1-3-5-7-9-11-21-53-31-35-55(36-32-53)23-13-15-25-57-39-43-59(44-40-57)51-69-65-49-47-61-27-17-19-29-63(61)67(65)68-64-30-20-18-28-62(64)48-50-66(68)70-52-60-45-41-58(42-46-60)26-16-14-24-56-37-33-54(34-38-56)22-12-10-8-6-4-2/h17-20,27-30,39-50,53-56H,3-16,21-26,31-38,51-52H2,1-2H3. The van der Waals surface area contributed by atoms with Crippen LogP contribution in [-0.4, -0.2) is 0 Å². The highest BCUT2D eigenvalue weighted by atomic mass is 16.5. The molecule has 6 aromatic rings. The number of fused-ring (bicyclic) bond motifs is 2. The summed E-state index contributed by atoms with van der Waals surface area (Å²) in [7, 11) is 0. The van der Waals surface area contributed by atoms with Crippen molar-refractivity contribution in [2.75, 3.05) is 0 Å². The van der Waals surface area contributed by atoms with Crippen LogP contribution < -0.4 is 9.47 Å². The average Bonchev–Trinajstić information content (AvgIpc) is 3.41. The maximum atomic E-state index is 6.86. The van der Waals surface area contributed by atoms with Gasteiger partial charge in [0.05, 0.1) is 0 Å². The van der Waals surface area contributed by atoms with E-state index in [4.69, 9.17) is 9.47 Å². The van der Waals surface area contributed by atoms with Gasteiger partial charge in [-0.25, -0.2) is 0 Å². The zero-order valence-corrected chi connectivity index (χ0v) is 43.9. The molecule has 2 aliphatic rings. The highest BCUT2D eigenvalue weighted by Gasteiger charge is 2.23. The van der Waals surface area contributed by atoms with Crippen molar-refractivity contribution < 1.29 is 9.47 Å². The molecule has 0 radical (unpaired) electrons. The highest BCUT2D eigenvalue weighted by Crippen LogP contribution is 2.46. The van der Waals surface area contributed by atoms with E-state index in [1.54, 1.807) is 0 Å². The van der Waals surface area contributed by atoms with Gasteiger partial charge in [-0.2, -0.15) is 0 Å². The van der Waals surface area contributed by atoms with Crippen molar-refractivity contribution >= 4 is 21.5 Å². The third-order valence-corrected chi connectivity index (χ3v) is 16.9. The second-order valence-corrected chi connectivity index (χ2v) is 22.2. The fourth-order valence-electron chi connectivity index (χ4n) is 12.4. The van der Waals surface area contributed by atoms with E-state index in [2.05, 4.69) is 135 Å². The summed E-state index contributed by atoms with van der Waals surface area (Å²) in [5.41, 5.74) is 7.47. The molecule has 0 atom stereocenters. The minimum Gasteiger partial charge on any atom is -0.488 e. The molecule has 70 heavy (non-hydrogen) atoms. The van der Waals surface area contributed by atoms with Crippen molar-refractivity contribution in [2.24, 2.45) is 23.7 Å². The zero-order chi connectivity index (χ0) is 48.0. The van der Waals surface area contributed by atoms with E-state index < -0.39 is 0 Å². The molecule has 2 saturated carbocycles. The molecule has 374 valence electrons. The normalized spacial score (nSPS) is 18.4. The predicted octanol–water partition coefficient (Wildman–Crippen LogP) is 20.6. The van der Waals surface area contributed by atoms with Crippen LogP contribution in [0.4, 0.5) is 0 Å². The van der Waals surface area contributed by atoms with E-state index >= 15 is 0 Å². The van der Waals surface area contributed by atoms with Gasteiger partial charge in [-0.3, -0.25) is 0 Å². The maximum Gasteiger partial charge on any atom is 0.128 e. The summed E-state index contributed by atoms with van der Waals surface area (Å²) in [6, 6.07) is 44.6. The Morgan fingerprint density at radius 3 is 1.03 bits per heavy atom. The highest BCUT2D eigenvalue weighted by molar-refractivity contribution is 6.09. The fourth-order valence-corrected chi connectivity index (χ4v) is 12.4. The van der Waals surface area contributed by atoms with Crippen molar-refractivity contribution in [1.82, 2.24) is 0 Å². The van der Waals surface area contributed by atoms with Gasteiger partial charge in [-0.1, -0.05) is 277 Å². The molecule has 0 saturated heterocycles. The summed E-state index contributed by atoms with van der Waals surface area (Å²) in [6.45, 7) is 5.66. The van der Waals surface area contributed by atoms with Gasteiger partial charge >= 0.3 is 0 Å². The first-order chi connectivity index (χ1) is 34.6. The van der Waals surface area contributed by atoms with Crippen LogP contribution >= 0.6 is 0 Å². The first kappa shape index (κ1) is 51.8. The van der Waals surface area contributed by atoms with Crippen LogP contribution in [-0.2, 0) is 26.1 Å². The smallest absolute Gasteiger partial charge is 0.128 e. The number of ether oxygens (including phenoxy) is 2. The summed E-state index contributed by atoms with van der Waals surface area (Å²) in [5.74, 6) is 5.71. The lowest BCUT2D eigenvalue weighted by molar-refractivity contribution is 0.245. The maximum absolute atomic E-state index is 6.86. The lowest BCUT2D eigenvalue weighted by Gasteiger charge is -2.28. The average molecular weight is 939 g/mol. The third kappa shape index (κ3) is 15.7. The minimum atomic E-state index is 0.515. The molecule has 2 fully saturated rings. The molecule has 2 aliphatic carbocycles. The minimum absolute atomic E-state index is 0.515. The second kappa shape index (κ2) is 28.5. The van der Waals surface area contributed by atoms with Crippen LogP contribution in [0.2, 0.25) is 0 Å². The van der Waals surface area contributed by atoms with Gasteiger partial charge in [0, 0.05) is 11.1 Å². The van der Waals surface area contributed by atoms with Crippen LogP contribution in [0.15, 0.2) is 121 Å². The van der Waals surface area contributed by atoms with Crippen LogP contribution in [0.5, 0.6) is 11.5 Å². The lowest BCUT2D eigenvalue weighted by atomic mass is 9.78. The van der Waals surface area contributed by atoms with Crippen molar-refractivity contribution in [2.45, 2.75) is 207 Å². The summed E-state index contributed by atoms with van der Waals surface area (Å²) in [5, 5.41) is 4.74. The molecule has 0 amide bonds. The second-order valence-electron chi connectivity index (χ2n) is 22.2. The van der Waals surface area contributed by atoms with Crippen molar-refractivity contribution in [1.29, 1.82) is 0 Å². The first-order valence-corrected chi connectivity index (χ1v) is 29.1. The summed E-state index contributed by atoms with van der Waals surface area (Å²) in [4.78, 5) is 0. The summed E-state index contributed by atoms with van der Waals surface area (Å²) < 4.78 is 13.7. The van der Waals surface area contributed by atoms with Crippen molar-refractivity contribution in [3.63, 3.8) is 0 Å². The van der Waals surface area contributed by atoms with Crippen LogP contribution in [0.1, 0.15) is 203 Å². The van der Waals surface area contributed by atoms with Crippen molar-refractivity contribution in [3.05, 3.63) is 144 Å². The Labute approximate surface area is 425 Å². The number of aryl methyl sites for hydroxylation is 2. The molecule has 6 aromatic carbocycles. The molecule has 0 aromatic heterocycles. The van der Waals surface area contributed by atoms with Gasteiger partial charge in [-0.15, -0.1) is 0 Å². The Balaban J connectivity index is 0.835. The number of hydrogen-bond donors (Lipinski definition) is 0. The fraction of sp³-hybridized carbons (Fsp3) is 0.529. The molecule has 2 heteroatoms. The Morgan fingerprint density at radius 2 is 0.657 bits per heavy atom. The molecule has 0 heterocycles. The van der Waals surface area contributed by atoms with Gasteiger partial charge in [0.1, 0.15) is 24.7 Å². The van der Waals surface area contributed by atoms with Crippen LogP contribution in [0.3, 0.4) is 0 Å². The Morgan fingerprint density at radius 1 is 0.329 bits per heavy atom. The third-order valence-electron chi connectivity index (χ3n) is 16.9. The SMILES string of the molecule is CCCCCCCC1CCC(CCCCc2ccc(COc3ccc4ccccc4c3-c3c(OCc4ccc(CCCCC5CCC(CCCCCCC)CC5)cc4)ccc4ccccc34)cc2)CC1. The molecule has 2 nitrogen and oxygen atoms in total. The van der Waals surface area contributed by atoms with E-state index in [-0.39, 0.29) is 0 Å². The number of unbranched alkanes of at least 4 members (excludes halogenated alkanes) is 10. The molecular formula is C68H90O2.